The summed E-state index contributed by atoms with van der Waals surface area (Å²) in [6.45, 7) is 0.744. The predicted octanol–water partition coefficient (Wildman–Crippen LogP) is 1.16. The number of thioether (sulfide) groups is 1. The summed E-state index contributed by atoms with van der Waals surface area (Å²) in [5.41, 5.74) is 3.90. The first-order valence-corrected chi connectivity index (χ1v) is 10.1. The molecule has 0 aromatic heterocycles. The molecule has 0 fully saturated rings. The number of aliphatic imine (C=N–C) groups is 1. The standard InChI is InChI=1S/C18H12BrN3O2S/c19-9-3-8-4-10-21-14-12-15-11-7(5-20-13(11)16(14)23)1-2-22(15)18(9,24)6-17(8,12)25-10/h3-5,10,24H,1-2,6H2,(H,20,21,23)/p+1/t10-,17+,18-/m0/s1. The Labute approximate surface area is 155 Å². The molecule has 1 aromatic carbocycles. The molecule has 0 amide bonds. The van der Waals surface area contributed by atoms with Gasteiger partial charge in [0.05, 0.1) is 37.5 Å². The summed E-state index contributed by atoms with van der Waals surface area (Å²) in [6, 6.07) is 0. The van der Waals surface area contributed by atoms with Crippen LogP contribution in [0.5, 0.6) is 5.75 Å². The fourth-order valence-electron chi connectivity index (χ4n) is 5.39. The van der Waals surface area contributed by atoms with Crippen molar-refractivity contribution in [1.82, 2.24) is 4.58 Å². The number of allylic oxidation sites excluding steroid dienone is 1. The summed E-state index contributed by atoms with van der Waals surface area (Å²) in [7, 11) is 0. The minimum atomic E-state index is -1.04. The molecular weight excluding hydrogens is 402 g/mol. The summed E-state index contributed by atoms with van der Waals surface area (Å²) in [5.74, 6) is 0.250. The molecule has 3 atom stereocenters. The molecule has 0 unspecified atom stereocenters. The van der Waals surface area contributed by atoms with Crippen molar-refractivity contribution in [3.8, 4) is 5.75 Å². The highest BCUT2D eigenvalue weighted by molar-refractivity contribution is 9.11. The van der Waals surface area contributed by atoms with Crippen molar-refractivity contribution in [2.75, 3.05) is 11.9 Å². The summed E-state index contributed by atoms with van der Waals surface area (Å²) < 4.78 is 2.63. The van der Waals surface area contributed by atoms with E-state index in [1.165, 1.54) is 5.57 Å². The van der Waals surface area contributed by atoms with Gasteiger partial charge in [-0.2, -0.15) is 4.58 Å². The zero-order chi connectivity index (χ0) is 16.7. The third kappa shape index (κ3) is 1.22. The van der Waals surface area contributed by atoms with E-state index in [4.69, 9.17) is 0 Å². The molecule has 1 aromatic rings. The van der Waals surface area contributed by atoms with Gasteiger partial charge in [0.15, 0.2) is 12.3 Å². The topological polar surface area (TPSA) is 67.9 Å². The average molecular weight is 415 g/mol. The van der Waals surface area contributed by atoms with Crippen molar-refractivity contribution in [1.29, 1.82) is 0 Å². The van der Waals surface area contributed by atoms with Crippen LogP contribution in [0.4, 0.5) is 11.4 Å². The van der Waals surface area contributed by atoms with Crippen LogP contribution in [0.2, 0.25) is 0 Å². The predicted molar refractivity (Wildman–Crippen MR) is 101 cm³/mol. The number of anilines is 1. The van der Waals surface area contributed by atoms with Crippen LogP contribution in [-0.4, -0.2) is 34.1 Å². The molecule has 5 aliphatic heterocycles. The van der Waals surface area contributed by atoms with Gasteiger partial charge in [-0.1, -0.05) is 0 Å². The SMILES string of the molecule is Oc1c2c3c4c5c1N=CC=5CC[N+]=4[C@]1(O)C[C@]34S[C@@H](C=C4C=C1Br)N2. The number of aromatic hydroxyl groups is 1. The molecule has 0 saturated carbocycles. The molecule has 3 bridgehead atoms. The second kappa shape index (κ2) is 3.75. The van der Waals surface area contributed by atoms with E-state index in [2.05, 4.69) is 43.0 Å². The van der Waals surface area contributed by atoms with E-state index in [-0.39, 0.29) is 15.9 Å². The highest BCUT2D eigenvalue weighted by Gasteiger charge is 2.65. The van der Waals surface area contributed by atoms with Gasteiger partial charge in [-0.25, -0.2) is 0 Å². The number of nitrogens with zero attached hydrogens (tertiary/aromatic N) is 2. The Hall–Kier alpha value is -1.57. The van der Waals surface area contributed by atoms with Crippen molar-refractivity contribution in [3.05, 3.63) is 38.3 Å². The zero-order valence-corrected chi connectivity index (χ0v) is 15.4. The fraction of sp³-hybridized carbons (Fsp3) is 0.333. The second-order valence-corrected chi connectivity index (χ2v) is 9.77. The van der Waals surface area contributed by atoms with Crippen LogP contribution in [0, 0.1) is 0 Å². The van der Waals surface area contributed by atoms with Gasteiger partial charge in [-0.05, 0) is 39.2 Å². The summed E-state index contributed by atoms with van der Waals surface area (Å²) in [5, 5.41) is 28.3. The highest BCUT2D eigenvalue weighted by atomic mass is 79.9. The number of phenolic OH excluding ortho intramolecular Hbond substituents is 1. The average Bonchev–Trinajstić information content (AvgIpc) is 3.12. The van der Waals surface area contributed by atoms with Gasteiger partial charge < -0.3 is 15.5 Å². The van der Waals surface area contributed by atoms with Gasteiger partial charge in [0.1, 0.15) is 5.69 Å². The third-order valence-corrected chi connectivity index (χ3v) is 8.75. The molecule has 124 valence electrons. The van der Waals surface area contributed by atoms with Gasteiger partial charge in [-0.3, -0.25) is 4.99 Å². The van der Waals surface area contributed by atoms with Gasteiger partial charge in [0.25, 0.3) is 0 Å². The van der Waals surface area contributed by atoms with Gasteiger partial charge in [-0.15, -0.1) is 11.8 Å². The van der Waals surface area contributed by atoms with E-state index in [1.54, 1.807) is 0 Å². The molecule has 7 heteroatoms. The molecule has 0 radical (unpaired) electrons. The first-order chi connectivity index (χ1) is 12.0. The number of fused-ring (bicyclic) bond motifs is 3. The molecule has 25 heavy (non-hydrogen) atoms. The van der Waals surface area contributed by atoms with E-state index in [0.29, 0.717) is 12.1 Å². The maximum atomic E-state index is 11.7. The van der Waals surface area contributed by atoms with E-state index in [0.717, 1.165) is 44.8 Å². The largest absolute Gasteiger partial charge is 0.504 e. The van der Waals surface area contributed by atoms with Crippen molar-refractivity contribution in [2.45, 2.75) is 28.7 Å². The zero-order valence-electron chi connectivity index (χ0n) is 13.0. The van der Waals surface area contributed by atoms with Crippen LogP contribution in [-0.2, 0) is 4.75 Å². The molecular formula is C18H13BrN3O2S+. The van der Waals surface area contributed by atoms with Crippen LogP contribution >= 0.6 is 27.7 Å². The van der Waals surface area contributed by atoms with Crippen LogP contribution in [0.25, 0.3) is 5.57 Å². The lowest BCUT2D eigenvalue weighted by molar-refractivity contribution is -0.000680. The molecule has 1 spiro atoms. The first kappa shape index (κ1) is 13.6. The Morgan fingerprint density at radius 3 is 3.20 bits per heavy atom. The Bertz CT molecular complexity index is 1180. The summed E-state index contributed by atoms with van der Waals surface area (Å²) >= 11 is 5.50. The smallest absolute Gasteiger partial charge is 0.300 e. The van der Waals surface area contributed by atoms with Crippen molar-refractivity contribution < 1.29 is 10.2 Å². The minimum Gasteiger partial charge on any atom is -0.504 e. The number of rotatable bonds is 0. The maximum Gasteiger partial charge on any atom is 0.300 e. The van der Waals surface area contributed by atoms with Crippen LogP contribution in [0.1, 0.15) is 18.4 Å². The van der Waals surface area contributed by atoms with E-state index in [9.17, 15) is 10.2 Å². The molecule has 0 saturated heterocycles. The van der Waals surface area contributed by atoms with Crippen molar-refractivity contribution in [2.24, 2.45) is 4.99 Å². The Morgan fingerprint density at radius 2 is 2.32 bits per heavy atom. The Balaban J connectivity index is 1.84. The van der Waals surface area contributed by atoms with Gasteiger partial charge in [0, 0.05) is 12.6 Å². The summed E-state index contributed by atoms with van der Waals surface area (Å²) in [4.78, 5) is 4.51. The summed E-state index contributed by atoms with van der Waals surface area (Å²) in [6.07, 6.45) is 7.59. The molecule has 6 aliphatic rings. The van der Waals surface area contributed by atoms with E-state index in [1.807, 2.05) is 18.0 Å². The van der Waals surface area contributed by atoms with Crippen LogP contribution < -0.4 is 20.5 Å². The van der Waals surface area contributed by atoms with E-state index < -0.39 is 5.72 Å². The van der Waals surface area contributed by atoms with E-state index >= 15 is 0 Å². The Kier molecular flexibility index (Phi) is 2.04. The Morgan fingerprint density at radius 1 is 1.44 bits per heavy atom. The first-order valence-electron chi connectivity index (χ1n) is 8.41. The monoisotopic (exact) mass is 414 g/mol. The van der Waals surface area contributed by atoms with Crippen LogP contribution in [0.15, 0.2) is 27.2 Å². The molecule has 1 aliphatic carbocycles. The van der Waals surface area contributed by atoms with Crippen molar-refractivity contribution >= 4 is 50.9 Å². The second-order valence-electron chi connectivity index (χ2n) is 7.47. The van der Waals surface area contributed by atoms with Crippen molar-refractivity contribution in [3.63, 3.8) is 0 Å². The number of halogens is 1. The quantitative estimate of drug-likeness (QED) is 0.440. The lowest BCUT2D eigenvalue weighted by Crippen LogP contribution is -2.66. The number of aliphatic hydroxyl groups is 1. The maximum absolute atomic E-state index is 11.7. The fourth-order valence-corrected chi connectivity index (χ4v) is 7.68. The van der Waals surface area contributed by atoms with Crippen LogP contribution in [0.3, 0.4) is 0 Å². The number of phenols is 1. The number of hydrogen-bond acceptors (Lipinski definition) is 5. The number of nitrogens with one attached hydrogen (secondary N) is 1. The molecule has 5 heterocycles. The number of hydrogen-bond donors (Lipinski definition) is 3. The molecule has 3 N–H and O–H groups in total. The van der Waals surface area contributed by atoms with Gasteiger partial charge in [0.2, 0.25) is 5.36 Å². The highest BCUT2D eigenvalue weighted by Crippen LogP contribution is 2.64. The third-order valence-electron chi connectivity index (χ3n) is 6.39. The number of benzene rings is 1. The normalized spacial score (nSPS) is 37.1. The molecule has 5 nitrogen and oxygen atoms in total. The van der Waals surface area contributed by atoms with Gasteiger partial charge >= 0.3 is 5.72 Å². The minimum absolute atomic E-state index is 0.0986. The molecule has 7 rings (SSSR count). The lowest BCUT2D eigenvalue weighted by atomic mass is 9.74. The lowest BCUT2D eigenvalue weighted by Gasteiger charge is -2.46.